The third kappa shape index (κ3) is 3.74. The van der Waals surface area contributed by atoms with E-state index < -0.39 is 0 Å². The molecule has 0 saturated heterocycles. The van der Waals surface area contributed by atoms with E-state index in [1.165, 1.54) is 0 Å². The number of hydrogen-bond acceptors (Lipinski definition) is 5. The number of hydrogen-bond donors (Lipinski definition) is 0. The Labute approximate surface area is 162 Å². The van der Waals surface area contributed by atoms with Gasteiger partial charge in [0.05, 0.1) is 24.0 Å². The lowest BCUT2D eigenvalue weighted by molar-refractivity contribution is 0.150. The Morgan fingerprint density at radius 2 is 2.00 bits per heavy atom. The van der Waals surface area contributed by atoms with E-state index in [-0.39, 0.29) is 5.56 Å². The number of benzene rings is 1. The van der Waals surface area contributed by atoms with Gasteiger partial charge in [-0.1, -0.05) is 23.2 Å². The maximum Gasteiger partial charge on any atom is 0.259 e. The number of rotatable bonds is 5. The summed E-state index contributed by atoms with van der Waals surface area (Å²) in [6.07, 6.45) is 0.876. The van der Waals surface area contributed by atoms with E-state index in [0.29, 0.717) is 41.5 Å². The van der Waals surface area contributed by atoms with E-state index in [4.69, 9.17) is 27.9 Å². The third-order valence-electron chi connectivity index (χ3n) is 4.57. The van der Waals surface area contributed by atoms with Crippen LogP contribution in [-0.4, -0.2) is 41.4 Å². The quantitative estimate of drug-likeness (QED) is 0.722. The standard InChI is InChI=1S/C18H22Cl2N4O2/c1-12-13(2)21-18-23(16-6-5-14(19)9-15(16)20)10-22(7-4-8-26-3)11-24(18)17(12)25/h5-6,9H,4,7-8,10-11H2,1-3H3. The molecule has 140 valence electrons. The molecular formula is C18H22Cl2N4O2. The van der Waals surface area contributed by atoms with Gasteiger partial charge in [-0.25, -0.2) is 4.98 Å². The largest absolute Gasteiger partial charge is 0.385 e. The minimum absolute atomic E-state index is 0.0287. The maximum absolute atomic E-state index is 12.8. The second kappa shape index (κ2) is 7.96. The molecular weight excluding hydrogens is 375 g/mol. The summed E-state index contributed by atoms with van der Waals surface area (Å²) in [7, 11) is 1.69. The van der Waals surface area contributed by atoms with E-state index in [1.807, 2.05) is 17.9 Å². The lowest BCUT2D eigenvalue weighted by Gasteiger charge is -2.38. The molecule has 1 aromatic heterocycles. The monoisotopic (exact) mass is 396 g/mol. The molecule has 1 aliphatic heterocycles. The SMILES string of the molecule is COCCCN1CN(c2ccc(Cl)cc2Cl)c2nc(C)c(C)c(=O)n2C1. The molecule has 3 rings (SSSR count). The lowest BCUT2D eigenvalue weighted by Crippen LogP contribution is -2.48. The topological polar surface area (TPSA) is 50.6 Å². The lowest BCUT2D eigenvalue weighted by atomic mass is 10.2. The maximum atomic E-state index is 12.8. The van der Waals surface area contributed by atoms with Gasteiger partial charge < -0.3 is 4.74 Å². The average molecular weight is 397 g/mol. The molecule has 0 radical (unpaired) electrons. The van der Waals surface area contributed by atoms with Crippen LogP contribution in [0.3, 0.4) is 0 Å². The normalized spacial score (nSPS) is 14.6. The van der Waals surface area contributed by atoms with Gasteiger partial charge in [-0.05, 0) is 38.5 Å². The molecule has 6 nitrogen and oxygen atoms in total. The number of halogens is 2. The van der Waals surface area contributed by atoms with E-state index >= 15 is 0 Å². The summed E-state index contributed by atoms with van der Waals surface area (Å²) >= 11 is 12.5. The highest BCUT2D eigenvalue weighted by Crippen LogP contribution is 2.34. The highest BCUT2D eigenvalue weighted by Gasteiger charge is 2.28. The molecule has 26 heavy (non-hydrogen) atoms. The summed E-state index contributed by atoms with van der Waals surface area (Å²) in [6, 6.07) is 5.34. The first-order chi connectivity index (χ1) is 12.4. The summed E-state index contributed by atoms with van der Waals surface area (Å²) in [5.74, 6) is 0.602. The second-order valence-corrected chi connectivity index (χ2v) is 7.25. The molecule has 0 amide bonds. The van der Waals surface area contributed by atoms with Crippen molar-refractivity contribution in [3.05, 3.63) is 49.9 Å². The average Bonchev–Trinajstić information content (AvgIpc) is 2.60. The van der Waals surface area contributed by atoms with Gasteiger partial charge in [-0.3, -0.25) is 19.2 Å². The predicted molar refractivity (Wildman–Crippen MR) is 105 cm³/mol. The van der Waals surface area contributed by atoms with Crippen molar-refractivity contribution in [3.63, 3.8) is 0 Å². The second-order valence-electron chi connectivity index (χ2n) is 6.40. The molecule has 1 aromatic carbocycles. The summed E-state index contributed by atoms with van der Waals surface area (Å²) in [4.78, 5) is 21.6. The van der Waals surface area contributed by atoms with Crippen LogP contribution in [0, 0.1) is 13.8 Å². The minimum atomic E-state index is -0.0287. The Balaban J connectivity index is 2.06. The number of anilines is 2. The van der Waals surface area contributed by atoms with Crippen molar-refractivity contribution >= 4 is 34.8 Å². The van der Waals surface area contributed by atoms with Gasteiger partial charge in [0.1, 0.15) is 0 Å². The number of nitrogens with zero attached hydrogens (tertiary/aromatic N) is 4. The number of aromatic nitrogens is 2. The minimum Gasteiger partial charge on any atom is -0.385 e. The van der Waals surface area contributed by atoms with Crippen LogP contribution < -0.4 is 10.5 Å². The van der Waals surface area contributed by atoms with Crippen LogP contribution in [0.2, 0.25) is 10.0 Å². The highest BCUT2D eigenvalue weighted by atomic mass is 35.5. The van der Waals surface area contributed by atoms with Gasteiger partial charge in [-0.2, -0.15) is 0 Å². The van der Waals surface area contributed by atoms with E-state index in [0.717, 1.165) is 24.3 Å². The Kier molecular flexibility index (Phi) is 5.87. The molecule has 0 aliphatic carbocycles. The van der Waals surface area contributed by atoms with Crippen LogP contribution >= 0.6 is 23.2 Å². The van der Waals surface area contributed by atoms with Crippen molar-refractivity contribution in [1.82, 2.24) is 14.5 Å². The first-order valence-electron chi connectivity index (χ1n) is 8.44. The fourth-order valence-electron chi connectivity index (χ4n) is 3.04. The van der Waals surface area contributed by atoms with Crippen molar-refractivity contribution < 1.29 is 4.74 Å². The van der Waals surface area contributed by atoms with E-state index in [9.17, 15) is 4.79 Å². The van der Waals surface area contributed by atoms with Crippen molar-refractivity contribution in [1.29, 1.82) is 0 Å². The number of ether oxygens (including phenoxy) is 1. The van der Waals surface area contributed by atoms with Crippen LogP contribution in [0.5, 0.6) is 0 Å². The van der Waals surface area contributed by atoms with Crippen molar-refractivity contribution in [2.75, 3.05) is 31.8 Å². The van der Waals surface area contributed by atoms with Crippen molar-refractivity contribution in [2.45, 2.75) is 26.9 Å². The molecule has 0 N–H and O–H groups in total. The Morgan fingerprint density at radius 1 is 1.23 bits per heavy atom. The molecule has 8 heteroatoms. The molecule has 0 spiro atoms. The number of fused-ring (bicyclic) bond motifs is 1. The van der Waals surface area contributed by atoms with Gasteiger partial charge in [-0.15, -0.1) is 0 Å². The molecule has 0 atom stereocenters. The smallest absolute Gasteiger partial charge is 0.259 e. The first-order valence-corrected chi connectivity index (χ1v) is 9.20. The molecule has 0 unspecified atom stereocenters. The molecule has 0 saturated carbocycles. The molecule has 2 heterocycles. The Hall–Kier alpha value is -1.60. The zero-order valence-corrected chi connectivity index (χ0v) is 16.6. The number of aryl methyl sites for hydroxylation is 1. The van der Waals surface area contributed by atoms with Crippen molar-refractivity contribution in [3.8, 4) is 0 Å². The number of methoxy groups -OCH3 is 1. The van der Waals surface area contributed by atoms with Gasteiger partial charge in [0, 0.05) is 36.5 Å². The van der Waals surface area contributed by atoms with Crippen LogP contribution in [0.15, 0.2) is 23.0 Å². The van der Waals surface area contributed by atoms with Gasteiger partial charge in [0.2, 0.25) is 5.95 Å². The molecule has 0 bridgehead atoms. The van der Waals surface area contributed by atoms with Gasteiger partial charge in [0.25, 0.3) is 5.56 Å². The van der Waals surface area contributed by atoms with E-state index in [2.05, 4.69) is 9.88 Å². The summed E-state index contributed by atoms with van der Waals surface area (Å²) in [5, 5.41) is 1.09. The fourth-order valence-corrected chi connectivity index (χ4v) is 3.55. The predicted octanol–water partition coefficient (Wildman–Crippen LogP) is 3.57. The zero-order chi connectivity index (χ0) is 18.8. The first kappa shape index (κ1) is 19.2. The van der Waals surface area contributed by atoms with E-state index in [1.54, 1.807) is 30.7 Å². The van der Waals surface area contributed by atoms with Crippen LogP contribution in [0.1, 0.15) is 17.7 Å². The van der Waals surface area contributed by atoms with Crippen molar-refractivity contribution in [2.24, 2.45) is 0 Å². The molecule has 2 aromatic rings. The van der Waals surface area contributed by atoms with Crippen LogP contribution in [0.25, 0.3) is 0 Å². The summed E-state index contributed by atoms with van der Waals surface area (Å²) in [5.41, 5.74) is 2.13. The molecule has 0 fully saturated rings. The Morgan fingerprint density at radius 3 is 2.69 bits per heavy atom. The Bertz CT molecular complexity index is 869. The highest BCUT2D eigenvalue weighted by molar-refractivity contribution is 6.36. The van der Waals surface area contributed by atoms with Gasteiger partial charge in [0.15, 0.2) is 0 Å². The fraction of sp³-hybridized carbons (Fsp3) is 0.444. The zero-order valence-electron chi connectivity index (χ0n) is 15.1. The third-order valence-corrected chi connectivity index (χ3v) is 5.10. The molecule has 1 aliphatic rings. The van der Waals surface area contributed by atoms with Crippen LogP contribution in [0.4, 0.5) is 11.6 Å². The van der Waals surface area contributed by atoms with Crippen LogP contribution in [-0.2, 0) is 11.4 Å². The summed E-state index contributed by atoms with van der Waals surface area (Å²) in [6.45, 7) is 6.21. The summed E-state index contributed by atoms with van der Waals surface area (Å²) < 4.78 is 6.85. The van der Waals surface area contributed by atoms with Gasteiger partial charge >= 0.3 is 0 Å².